The first kappa shape index (κ1) is 17.4. The minimum absolute atomic E-state index is 0.260. The highest BCUT2D eigenvalue weighted by molar-refractivity contribution is 6.34. The summed E-state index contributed by atoms with van der Waals surface area (Å²) >= 11 is 6.39. The van der Waals surface area contributed by atoms with Crippen molar-refractivity contribution in [3.63, 3.8) is 0 Å². The minimum atomic E-state index is -0.955. The van der Waals surface area contributed by atoms with Crippen LogP contribution in [0.1, 0.15) is 35.5 Å². The normalized spacial score (nSPS) is 14.9. The molecule has 2 aromatic carbocycles. The Balaban J connectivity index is 1.76. The summed E-state index contributed by atoms with van der Waals surface area (Å²) in [5.74, 6) is -0.289. The van der Waals surface area contributed by atoms with Crippen molar-refractivity contribution >= 4 is 29.1 Å². The highest BCUT2D eigenvalue weighted by atomic mass is 35.5. The molecule has 0 fully saturated rings. The zero-order valence-corrected chi connectivity index (χ0v) is 15.6. The first-order valence-electron chi connectivity index (χ1n) is 8.54. The molecule has 1 aliphatic rings. The number of hydrogen-bond donors (Lipinski definition) is 3. The molecular formula is C21H18ClN3O2. The summed E-state index contributed by atoms with van der Waals surface area (Å²) in [7, 11) is 0. The summed E-state index contributed by atoms with van der Waals surface area (Å²) < 4.78 is 0. The van der Waals surface area contributed by atoms with E-state index in [1.165, 1.54) is 0 Å². The Labute approximate surface area is 161 Å². The van der Waals surface area contributed by atoms with Crippen molar-refractivity contribution in [3.8, 4) is 11.1 Å². The maximum atomic E-state index is 11.5. The number of fused-ring (bicyclic) bond motifs is 1. The van der Waals surface area contributed by atoms with E-state index in [2.05, 4.69) is 10.3 Å². The fraction of sp³-hybridized carbons (Fsp3) is 0.143. The number of halogens is 1. The van der Waals surface area contributed by atoms with Crippen LogP contribution in [0.25, 0.3) is 11.1 Å². The summed E-state index contributed by atoms with van der Waals surface area (Å²) in [6.45, 7) is 4.07. The van der Waals surface area contributed by atoms with Crippen molar-refractivity contribution in [1.29, 1.82) is 0 Å². The number of aliphatic imine (C=N–C) groups is 1. The first-order chi connectivity index (χ1) is 12.9. The van der Waals surface area contributed by atoms with E-state index < -0.39 is 11.5 Å². The number of aromatic carboxylic acids is 1. The summed E-state index contributed by atoms with van der Waals surface area (Å²) in [5.41, 5.74) is 3.90. The average molecular weight is 380 g/mol. The van der Waals surface area contributed by atoms with Crippen molar-refractivity contribution in [2.45, 2.75) is 19.4 Å². The van der Waals surface area contributed by atoms with Crippen molar-refractivity contribution in [1.82, 2.24) is 4.98 Å². The molecule has 0 unspecified atom stereocenters. The molecule has 0 radical (unpaired) electrons. The number of para-hydroxylation sites is 1. The van der Waals surface area contributed by atoms with Crippen molar-refractivity contribution in [3.05, 3.63) is 76.6 Å². The van der Waals surface area contributed by atoms with Crippen LogP contribution in [0.3, 0.4) is 0 Å². The van der Waals surface area contributed by atoms with Gasteiger partial charge in [0.1, 0.15) is 5.84 Å². The number of carboxylic acids is 1. The fourth-order valence-corrected chi connectivity index (χ4v) is 3.60. The second-order valence-corrected chi connectivity index (χ2v) is 7.37. The Morgan fingerprint density at radius 2 is 1.93 bits per heavy atom. The predicted molar refractivity (Wildman–Crippen MR) is 108 cm³/mol. The number of nitrogens with zero attached hydrogens (tertiary/aromatic N) is 1. The second-order valence-electron chi connectivity index (χ2n) is 6.96. The maximum Gasteiger partial charge on any atom is 0.336 e. The van der Waals surface area contributed by atoms with Gasteiger partial charge in [-0.2, -0.15) is 0 Å². The highest BCUT2D eigenvalue weighted by Crippen LogP contribution is 2.39. The molecule has 136 valence electrons. The number of anilines is 1. The van der Waals surface area contributed by atoms with Gasteiger partial charge >= 0.3 is 5.97 Å². The van der Waals surface area contributed by atoms with Crippen LogP contribution in [0, 0.1) is 0 Å². The van der Waals surface area contributed by atoms with E-state index in [0.29, 0.717) is 16.4 Å². The van der Waals surface area contributed by atoms with Gasteiger partial charge in [0, 0.05) is 17.3 Å². The number of H-pyrrole nitrogens is 1. The van der Waals surface area contributed by atoms with Gasteiger partial charge in [-0.15, -0.1) is 0 Å². The molecule has 5 nitrogen and oxygen atoms in total. The molecule has 6 heteroatoms. The molecule has 27 heavy (non-hydrogen) atoms. The SMILES string of the molecule is CC1(C)N=C(c2cc(-c3ccccc3C(=O)O)c[nH]2)Nc2c(Cl)cccc21. The molecule has 3 N–H and O–H groups in total. The highest BCUT2D eigenvalue weighted by Gasteiger charge is 2.30. The monoisotopic (exact) mass is 379 g/mol. The Morgan fingerprint density at radius 3 is 2.70 bits per heavy atom. The van der Waals surface area contributed by atoms with Gasteiger partial charge in [0.25, 0.3) is 0 Å². The summed E-state index contributed by atoms with van der Waals surface area (Å²) in [6, 6.07) is 14.6. The van der Waals surface area contributed by atoms with Gasteiger partial charge < -0.3 is 15.4 Å². The number of hydrogen-bond acceptors (Lipinski definition) is 3. The Morgan fingerprint density at radius 1 is 1.15 bits per heavy atom. The maximum absolute atomic E-state index is 11.5. The molecule has 0 saturated heterocycles. The van der Waals surface area contributed by atoms with Crippen LogP contribution >= 0.6 is 11.6 Å². The Hall–Kier alpha value is -3.05. The van der Waals surface area contributed by atoms with Crippen LogP contribution in [0.4, 0.5) is 5.69 Å². The number of nitrogens with one attached hydrogen (secondary N) is 2. The molecule has 0 saturated carbocycles. The van der Waals surface area contributed by atoms with Crippen LogP contribution in [0.5, 0.6) is 0 Å². The number of amidine groups is 1. The number of carbonyl (C=O) groups is 1. The third kappa shape index (κ3) is 3.00. The van der Waals surface area contributed by atoms with Gasteiger partial charge in [0.2, 0.25) is 0 Å². The molecule has 1 aliphatic heterocycles. The van der Waals surface area contributed by atoms with Crippen LogP contribution in [0.15, 0.2) is 59.7 Å². The average Bonchev–Trinajstić information content (AvgIpc) is 3.12. The summed E-state index contributed by atoms with van der Waals surface area (Å²) in [4.78, 5) is 19.5. The van der Waals surface area contributed by atoms with E-state index in [9.17, 15) is 9.90 Å². The summed E-state index contributed by atoms with van der Waals surface area (Å²) in [6.07, 6.45) is 1.79. The molecule has 3 aromatic rings. The van der Waals surface area contributed by atoms with Gasteiger partial charge in [0.05, 0.1) is 27.5 Å². The van der Waals surface area contributed by atoms with Gasteiger partial charge in [0.15, 0.2) is 0 Å². The van der Waals surface area contributed by atoms with E-state index in [4.69, 9.17) is 16.6 Å². The van der Waals surface area contributed by atoms with Gasteiger partial charge in [-0.1, -0.05) is 41.9 Å². The van der Waals surface area contributed by atoms with E-state index in [1.807, 2.05) is 44.2 Å². The smallest absolute Gasteiger partial charge is 0.336 e. The van der Waals surface area contributed by atoms with Crippen molar-refractivity contribution < 1.29 is 9.90 Å². The lowest BCUT2D eigenvalue weighted by molar-refractivity contribution is 0.0697. The van der Waals surface area contributed by atoms with Crippen LogP contribution < -0.4 is 5.32 Å². The van der Waals surface area contributed by atoms with Crippen LogP contribution in [-0.2, 0) is 5.54 Å². The quantitative estimate of drug-likeness (QED) is 0.589. The number of benzene rings is 2. The third-order valence-electron chi connectivity index (χ3n) is 4.71. The zero-order valence-electron chi connectivity index (χ0n) is 14.9. The number of aromatic nitrogens is 1. The third-order valence-corrected chi connectivity index (χ3v) is 5.03. The molecule has 0 aliphatic carbocycles. The molecule has 2 heterocycles. The molecule has 0 atom stereocenters. The number of carboxylic acid groups (broad SMARTS) is 1. The lowest BCUT2D eigenvalue weighted by Gasteiger charge is -2.31. The van der Waals surface area contributed by atoms with Crippen LogP contribution in [0.2, 0.25) is 5.02 Å². The Kier molecular flexibility index (Phi) is 4.04. The van der Waals surface area contributed by atoms with E-state index in [-0.39, 0.29) is 5.56 Å². The first-order valence-corrected chi connectivity index (χ1v) is 8.92. The molecule has 0 spiro atoms. The summed E-state index contributed by atoms with van der Waals surface area (Å²) in [5, 5.41) is 13.4. The number of aromatic amines is 1. The minimum Gasteiger partial charge on any atom is -0.478 e. The molecule has 4 rings (SSSR count). The largest absolute Gasteiger partial charge is 0.478 e. The van der Waals surface area contributed by atoms with E-state index >= 15 is 0 Å². The number of rotatable bonds is 3. The zero-order chi connectivity index (χ0) is 19.2. The molecule has 0 amide bonds. The van der Waals surface area contributed by atoms with Gasteiger partial charge in [-0.3, -0.25) is 4.99 Å². The van der Waals surface area contributed by atoms with Crippen molar-refractivity contribution in [2.24, 2.45) is 4.99 Å². The standard InChI is InChI=1S/C21H18ClN3O2/c1-21(2)15-8-5-9-16(22)18(15)24-19(25-21)17-10-12(11-23-17)13-6-3-4-7-14(13)20(26)27/h3-11,23H,1-2H3,(H,24,25)(H,26,27). The van der Waals surface area contributed by atoms with E-state index in [1.54, 1.807) is 24.4 Å². The fourth-order valence-electron chi connectivity index (χ4n) is 3.38. The van der Waals surface area contributed by atoms with Gasteiger partial charge in [-0.25, -0.2) is 4.79 Å². The van der Waals surface area contributed by atoms with E-state index in [0.717, 1.165) is 22.5 Å². The molecular weight excluding hydrogens is 362 g/mol. The predicted octanol–water partition coefficient (Wildman–Crippen LogP) is 5.14. The van der Waals surface area contributed by atoms with Crippen molar-refractivity contribution in [2.75, 3.05) is 5.32 Å². The lowest BCUT2D eigenvalue weighted by atomic mass is 9.91. The second kappa shape index (κ2) is 6.28. The van der Waals surface area contributed by atoms with Gasteiger partial charge in [-0.05, 0) is 37.6 Å². The topological polar surface area (TPSA) is 77.5 Å². The van der Waals surface area contributed by atoms with Crippen LogP contribution in [-0.4, -0.2) is 21.9 Å². The molecule has 0 bridgehead atoms. The molecule has 1 aromatic heterocycles. The lowest BCUT2D eigenvalue weighted by Crippen LogP contribution is -2.29. The Bertz CT molecular complexity index is 1080.